The molecule has 8 nitrogen and oxygen atoms in total. The van der Waals surface area contributed by atoms with E-state index >= 15 is 4.39 Å². The van der Waals surface area contributed by atoms with E-state index in [0.29, 0.717) is 23.2 Å². The van der Waals surface area contributed by atoms with Crippen LogP contribution < -0.4 is 15.0 Å². The molecule has 7 rings (SSSR count). The van der Waals surface area contributed by atoms with Gasteiger partial charge in [-0.2, -0.15) is 0 Å². The zero-order valence-electron chi connectivity index (χ0n) is 21.8. The molecule has 0 unspecified atom stereocenters. The molecule has 198 valence electrons. The number of phenols is 1. The summed E-state index contributed by atoms with van der Waals surface area (Å²) in [6, 6.07) is 7.79. The molecular formula is C29H33FN6O2. The minimum Gasteiger partial charge on any atom is -0.507 e. The minimum atomic E-state index is -0.941. The molecule has 3 aromatic rings. The number of ether oxygens (including phenoxy) is 1. The molecule has 5 heterocycles. The summed E-state index contributed by atoms with van der Waals surface area (Å²) in [6.45, 7) is 4.17. The number of halogens is 1. The number of hydrogen-bond acceptors (Lipinski definition) is 8. The molecule has 2 bridgehead atoms. The summed E-state index contributed by atoms with van der Waals surface area (Å²) >= 11 is 0. The Labute approximate surface area is 221 Å². The average molecular weight is 517 g/mol. The molecule has 1 aliphatic carbocycles. The first-order valence-electron chi connectivity index (χ1n) is 13.7. The van der Waals surface area contributed by atoms with E-state index in [1.165, 1.54) is 0 Å². The highest BCUT2D eigenvalue weighted by Gasteiger charge is 2.48. The lowest BCUT2D eigenvalue weighted by atomic mass is 9.96. The average Bonchev–Trinajstić information content (AvgIpc) is 3.66. The minimum absolute atomic E-state index is 0.0777. The number of alkyl halides is 1. The van der Waals surface area contributed by atoms with Gasteiger partial charge >= 0.3 is 0 Å². The van der Waals surface area contributed by atoms with Crippen LogP contribution in [0.2, 0.25) is 0 Å². The second kappa shape index (κ2) is 8.86. The first-order chi connectivity index (χ1) is 18.3. The molecule has 1 aromatic carbocycles. The third kappa shape index (κ3) is 4.26. The molecule has 0 amide bonds. The van der Waals surface area contributed by atoms with Gasteiger partial charge in [0.25, 0.3) is 0 Å². The van der Waals surface area contributed by atoms with Crippen molar-refractivity contribution in [3.63, 3.8) is 0 Å². The number of anilines is 1. The normalized spacial score (nSPS) is 27.4. The molecule has 4 atom stereocenters. The van der Waals surface area contributed by atoms with Gasteiger partial charge in [0.1, 0.15) is 29.0 Å². The molecule has 3 aliphatic heterocycles. The van der Waals surface area contributed by atoms with Crippen LogP contribution >= 0.6 is 0 Å². The van der Waals surface area contributed by atoms with Crippen molar-refractivity contribution in [2.45, 2.75) is 94.7 Å². The number of phenolic OH excluding ortho intramolecular Hbond substituents is 1. The SMILES string of the molecule is CC1(C)CCc2ncc(-c3ccc(-c4cnc(N(C5CC5)[C@@H]5C[C@@H]6CC[C@H](N6)[C@@H]5F)nn4)c(O)c3)cc2O1. The Morgan fingerprint density at radius 2 is 1.92 bits per heavy atom. The highest BCUT2D eigenvalue weighted by atomic mass is 19.1. The number of hydrogen-bond donors (Lipinski definition) is 2. The fraction of sp³-hybridized carbons (Fsp3) is 0.517. The van der Waals surface area contributed by atoms with Crippen LogP contribution in [-0.4, -0.2) is 61.2 Å². The Balaban J connectivity index is 1.13. The lowest BCUT2D eigenvalue weighted by Gasteiger charge is -2.40. The van der Waals surface area contributed by atoms with Crippen molar-refractivity contribution in [3.05, 3.63) is 42.4 Å². The van der Waals surface area contributed by atoms with Crippen molar-refractivity contribution < 1.29 is 14.2 Å². The maximum Gasteiger partial charge on any atom is 0.245 e. The summed E-state index contributed by atoms with van der Waals surface area (Å²) in [4.78, 5) is 11.3. The van der Waals surface area contributed by atoms with Gasteiger partial charge in [0.15, 0.2) is 0 Å². The summed E-state index contributed by atoms with van der Waals surface area (Å²) in [5, 5.41) is 23.1. The molecular weight excluding hydrogens is 483 g/mol. The van der Waals surface area contributed by atoms with E-state index in [9.17, 15) is 5.11 Å². The Morgan fingerprint density at radius 1 is 1.05 bits per heavy atom. The van der Waals surface area contributed by atoms with Gasteiger partial charge < -0.3 is 20.1 Å². The first-order valence-corrected chi connectivity index (χ1v) is 13.7. The summed E-state index contributed by atoms with van der Waals surface area (Å²) in [7, 11) is 0. The van der Waals surface area contributed by atoms with Crippen LogP contribution in [0.1, 0.15) is 58.1 Å². The number of aromatic hydroxyl groups is 1. The third-order valence-corrected chi connectivity index (χ3v) is 8.52. The molecule has 2 N–H and O–H groups in total. The van der Waals surface area contributed by atoms with Gasteiger partial charge in [-0.15, -0.1) is 10.2 Å². The Morgan fingerprint density at radius 3 is 2.68 bits per heavy atom. The summed E-state index contributed by atoms with van der Waals surface area (Å²) < 4.78 is 21.5. The zero-order chi connectivity index (χ0) is 26.0. The predicted molar refractivity (Wildman–Crippen MR) is 142 cm³/mol. The standard InChI is InChI=1S/C29H33FN6O2/c1-29(2)10-9-21-26(38-29)12-17(14-31-21)16-3-7-20(25(37)11-16)23-15-32-28(35-34-23)36(19-5-6-19)24-13-18-4-8-22(33-18)27(24)30/h3,7,11-12,14-15,18-19,22,24,27,33,37H,4-6,8-10,13H2,1-2H3/t18-,22-,24+,27-/m0/s1. The van der Waals surface area contributed by atoms with Crippen LogP contribution in [0.25, 0.3) is 22.4 Å². The van der Waals surface area contributed by atoms with Crippen LogP contribution in [0.15, 0.2) is 36.7 Å². The predicted octanol–water partition coefficient (Wildman–Crippen LogP) is 4.61. The molecule has 9 heteroatoms. The number of fused-ring (bicyclic) bond motifs is 3. The van der Waals surface area contributed by atoms with Gasteiger partial charge in [0.2, 0.25) is 5.95 Å². The van der Waals surface area contributed by atoms with Gasteiger partial charge in [-0.05, 0) is 82.6 Å². The number of nitrogens with one attached hydrogen (secondary N) is 1. The van der Waals surface area contributed by atoms with Crippen LogP contribution in [0.4, 0.5) is 10.3 Å². The number of nitrogens with zero attached hydrogens (tertiary/aromatic N) is 5. The molecule has 1 saturated carbocycles. The maximum absolute atomic E-state index is 15.3. The van der Waals surface area contributed by atoms with E-state index in [2.05, 4.69) is 44.2 Å². The first kappa shape index (κ1) is 23.8. The molecule has 3 fully saturated rings. The number of rotatable bonds is 5. The number of piperidine rings is 1. The molecule has 2 saturated heterocycles. The topological polar surface area (TPSA) is 96.3 Å². The van der Waals surface area contributed by atoms with E-state index in [1.807, 2.05) is 24.4 Å². The van der Waals surface area contributed by atoms with Crippen LogP contribution in [0.3, 0.4) is 0 Å². The van der Waals surface area contributed by atoms with Crippen molar-refractivity contribution in [2.75, 3.05) is 4.90 Å². The lowest BCUT2D eigenvalue weighted by molar-refractivity contribution is 0.0831. The second-order valence-electron chi connectivity index (χ2n) is 11.8. The number of benzene rings is 1. The summed E-state index contributed by atoms with van der Waals surface area (Å²) in [5.41, 5.74) is 3.48. The monoisotopic (exact) mass is 516 g/mol. The van der Waals surface area contributed by atoms with Crippen molar-refractivity contribution >= 4 is 5.95 Å². The Kier molecular flexibility index (Phi) is 5.54. The van der Waals surface area contributed by atoms with Gasteiger partial charge in [-0.3, -0.25) is 4.98 Å². The van der Waals surface area contributed by atoms with Gasteiger partial charge in [0.05, 0.1) is 17.9 Å². The molecule has 0 radical (unpaired) electrons. The fourth-order valence-electron chi connectivity index (χ4n) is 6.29. The second-order valence-corrected chi connectivity index (χ2v) is 11.8. The van der Waals surface area contributed by atoms with Crippen molar-refractivity contribution in [1.29, 1.82) is 0 Å². The zero-order valence-corrected chi connectivity index (χ0v) is 21.8. The van der Waals surface area contributed by atoms with Crippen LogP contribution in [0, 0.1) is 0 Å². The number of pyridine rings is 1. The van der Waals surface area contributed by atoms with Crippen molar-refractivity contribution in [1.82, 2.24) is 25.5 Å². The number of aryl methyl sites for hydroxylation is 1. The largest absolute Gasteiger partial charge is 0.507 e. The lowest BCUT2D eigenvalue weighted by Crippen LogP contribution is -2.57. The highest BCUT2D eigenvalue weighted by molar-refractivity contribution is 5.74. The maximum atomic E-state index is 15.3. The van der Waals surface area contributed by atoms with Crippen LogP contribution in [-0.2, 0) is 6.42 Å². The number of aromatic nitrogens is 4. The van der Waals surface area contributed by atoms with E-state index in [0.717, 1.165) is 67.5 Å². The Hall–Kier alpha value is -3.33. The third-order valence-electron chi connectivity index (χ3n) is 8.52. The Bertz CT molecular complexity index is 1360. The van der Waals surface area contributed by atoms with Crippen molar-refractivity contribution in [2.24, 2.45) is 0 Å². The van der Waals surface area contributed by atoms with E-state index in [1.54, 1.807) is 12.3 Å². The molecule has 2 aromatic heterocycles. The molecule has 0 spiro atoms. The summed E-state index contributed by atoms with van der Waals surface area (Å²) in [5.74, 6) is 1.36. The smallest absolute Gasteiger partial charge is 0.245 e. The molecule has 4 aliphatic rings. The fourth-order valence-corrected chi connectivity index (χ4v) is 6.29. The quantitative estimate of drug-likeness (QED) is 0.508. The van der Waals surface area contributed by atoms with Crippen LogP contribution in [0.5, 0.6) is 11.5 Å². The molecule has 38 heavy (non-hydrogen) atoms. The van der Waals surface area contributed by atoms with Gasteiger partial charge in [-0.25, -0.2) is 9.37 Å². The van der Waals surface area contributed by atoms with Gasteiger partial charge in [0, 0.05) is 35.4 Å². The van der Waals surface area contributed by atoms with E-state index < -0.39 is 6.17 Å². The van der Waals surface area contributed by atoms with Gasteiger partial charge in [-0.1, -0.05) is 6.07 Å². The van der Waals surface area contributed by atoms with Crippen molar-refractivity contribution in [3.8, 4) is 33.9 Å². The highest BCUT2D eigenvalue weighted by Crippen LogP contribution is 2.40. The van der Waals surface area contributed by atoms with E-state index in [-0.39, 0.29) is 29.5 Å². The van der Waals surface area contributed by atoms with E-state index in [4.69, 9.17) is 4.74 Å². The summed E-state index contributed by atoms with van der Waals surface area (Å²) in [6.07, 6.45) is 9.07.